The van der Waals surface area contributed by atoms with Gasteiger partial charge in [-0.25, -0.2) is 5.43 Å². The molecule has 24 heavy (non-hydrogen) atoms. The number of hydrogen-bond acceptors (Lipinski definition) is 4. The van der Waals surface area contributed by atoms with Gasteiger partial charge in [0, 0.05) is 21.5 Å². The number of hydrogen-bond donors (Lipinski definition) is 1. The van der Waals surface area contributed by atoms with Crippen LogP contribution in [0.1, 0.15) is 5.56 Å². The second kappa shape index (κ2) is 7.95. The Balaban J connectivity index is 1.56. The van der Waals surface area contributed by atoms with Crippen molar-refractivity contribution in [1.82, 2.24) is 10.4 Å². The van der Waals surface area contributed by atoms with Crippen molar-refractivity contribution >= 4 is 46.4 Å². The Morgan fingerprint density at radius 2 is 1.96 bits per heavy atom. The van der Waals surface area contributed by atoms with E-state index >= 15 is 0 Å². The smallest absolute Gasteiger partial charge is 0.250 e. The fraction of sp³-hybridized carbons (Fsp3) is 0.0556. The van der Waals surface area contributed by atoms with Gasteiger partial charge in [0.25, 0.3) is 0 Å². The van der Waals surface area contributed by atoms with Crippen LogP contribution in [0.15, 0.2) is 70.8 Å². The lowest BCUT2D eigenvalue weighted by molar-refractivity contribution is -0.118. The van der Waals surface area contributed by atoms with Crippen molar-refractivity contribution < 1.29 is 4.79 Å². The number of para-hydroxylation sites is 1. The lowest BCUT2D eigenvalue weighted by Crippen LogP contribution is -2.19. The van der Waals surface area contributed by atoms with Gasteiger partial charge in [-0.1, -0.05) is 41.9 Å². The minimum Gasteiger partial charge on any atom is -0.272 e. The summed E-state index contributed by atoms with van der Waals surface area (Å²) >= 11 is 7.26. The maximum atomic E-state index is 11.9. The van der Waals surface area contributed by atoms with E-state index in [9.17, 15) is 4.79 Å². The fourth-order valence-electron chi connectivity index (χ4n) is 2.10. The lowest BCUT2D eigenvalue weighted by atomic mass is 10.2. The van der Waals surface area contributed by atoms with Crippen LogP contribution in [-0.2, 0) is 4.79 Å². The first-order chi connectivity index (χ1) is 11.7. The molecule has 0 saturated heterocycles. The number of thioether (sulfide) groups is 1. The maximum absolute atomic E-state index is 11.9. The molecule has 1 heterocycles. The van der Waals surface area contributed by atoms with Gasteiger partial charge in [-0.3, -0.25) is 9.78 Å². The molecule has 1 amide bonds. The van der Waals surface area contributed by atoms with Crippen LogP contribution in [0, 0.1) is 0 Å². The molecule has 1 aromatic heterocycles. The predicted octanol–water partition coefficient (Wildman–Crippen LogP) is 4.13. The van der Waals surface area contributed by atoms with Gasteiger partial charge in [0.15, 0.2) is 0 Å². The largest absolute Gasteiger partial charge is 0.272 e. The first-order valence-corrected chi connectivity index (χ1v) is 8.63. The number of rotatable bonds is 5. The molecule has 6 heteroatoms. The van der Waals surface area contributed by atoms with Crippen LogP contribution in [0.5, 0.6) is 0 Å². The number of pyridine rings is 1. The van der Waals surface area contributed by atoms with Crippen molar-refractivity contribution in [2.45, 2.75) is 4.90 Å². The zero-order chi connectivity index (χ0) is 16.8. The van der Waals surface area contributed by atoms with Crippen molar-refractivity contribution in [1.29, 1.82) is 0 Å². The summed E-state index contributed by atoms with van der Waals surface area (Å²) in [5.74, 6) is 0.103. The van der Waals surface area contributed by atoms with Crippen LogP contribution < -0.4 is 5.43 Å². The molecule has 0 unspecified atom stereocenters. The van der Waals surface area contributed by atoms with Crippen LogP contribution in [0.2, 0.25) is 5.02 Å². The van der Waals surface area contributed by atoms with Gasteiger partial charge in [-0.05, 0) is 29.8 Å². The Kier molecular flexibility index (Phi) is 5.46. The molecular formula is C18H14ClN3OS. The molecule has 0 aliphatic carbocycles. The molecule has 2 aromatic carbocycles. The topological polar surface area (TPSA) is 54.4 Å². The Morgan fingerprint density at radius 1 is 1.17 bits per heavy atom. The number of nitrogens with one attached hydrogen (secondary N) is 1. The highest BCUT2D eigenvalue weighted by Crippen LogP contribution is 2.25. The summed E-state index contributed by atoms with van der Waals surface area (Å²) in [6, 6.07) is 17.0. The van der Waals surface area contributed by atoms with Gasteiger partial charge in [0.2, 0.25) is 5.91 Å². The van der Waals surface area contributed by atoms with Gasteiger partial charge in [0.1, 0.15) is 0 Å². The van der Waals surface area contributed by atoms with Crippen LogP contribution in [0.3, 0.4) is 0 Å². The highest BCUT2D eigenvalue weighted by atomic mass is 35.5. The van der Waals surface area contributed by atoms with Crippen LogP contribution in [0.25, 0.3) is 10.9 Å². The van der Waals surface area contributed by atoms with Crippen molar-refractivity contribution in [3.05, 3.63) is 71.4 Å². The van der Waals surface area contributed by atoms with Crippen molar-refractivity contribution in [2.24, 2.45) is 5.10 Å². The molecule has 0 aliphatic rings. The predicted molar refractivity (Wildman–Crippen MR) is 99.7 cm³/mol. The number of halogens is 1. The standard InChI is InChI=1S/C18H14ClN3OS/c19-15-8-6-13(7-9-15)11-21-22-17(23)12-24-16-5-1-3-14-4-2-10-20-18(14)16/h1-11H,12H2,(H,22,23)/b21-11+. The first kappa shape index (κ1) is 16.5. The average molecular weight is 356 g/mol. The molecule has 0 bridgehead atoms. The third kappa shape index (κ3) is 4.34. The monoisotopic (exact) mass is 355 g/mol. The number of fused-ring (bicyclic) bond motifs is 1. The van der Waals surface area contributed by atoms with E-state index in [1.54, 1.807) is 24.5 Å². The molecule has 0 radical (unpaired) electrons. The molecule has 0 spiro atoms. The molecule has 3 rings (SSSR count). The van der Waals surface area contributed by atoms with Gasteiger partial charge in [-0.15, -0.1) is 11.8 Å². The summed E-state index contributed by atoms with van der Waals surface area (Å²) in [6.45, 7) is 0. The van der Waals surface area contributed by atoms with Crippen LogP contribution in [-0.4, -0.2) is 22.9 Å². The Labute approximate surface area is 148 Å². The van der Waals surface area contributed by atoms with Gasteiger partial charge in [0.05, 0.1) is 17.5 Å². The molecule has 0 aliphatic heterocycles. The van der Waals surface area contributed by atoms with E-state index in [1.165, 1.54) is 11.8 Å². The molecule has 1 N–H and O–H groups in total. The summed E-state index contributed by atoms with van der Waals surface area (Å²) in [4.78, 5) is 17.3. The minimum absolute atomic E-state index is 0.168. The Morgan fingerprint density at radius 3 is 2.79 bits per heavy atom. The van der Waals surface area contributed by atoms with Crippen molar-refractivity contribution in [2.75, 3.05) is 5.75 Å². The number of benzene rings is 2. The number of carbonyl (C=O) groups excluding carboxylic acids is 1. The zero-order valence-corrected chi connectivity index (χ0v) is 14.2. The summed E-state index contributed by atoms with van der Waals surface area (Å²) < 4.78 is 0. The zero-order valence-electron chi connectivity index (χ0n) is 12.6. The maximum Gasteiger partial charge on any atom is 0.250 e. The van der Waals surface area contributed by atoms with Crippen LogP contribution in [0.4, 0.5) is 0 Å². The second-order valence-corrected chi connectivity index (χ2v) is 6.42. The number of amides is 1. The number of carbonyl (C=O) groups is 1. The molecule has 0 fully saturated rings. The molecule has 0 atom stereocenters. The lowest BCUT2D eigenvalue weighted by Gasteiger charge is -2.04. The van der Waals surface area contributed by atoms with E-state index in [0.717, 1.165) is 21.4 Å². The molecule has 120 valence electrons. The summed E-state index contributed by atoms with van der Waals surface area (Å²) in [6.07, 6.45) is 3.33. The van der Waals surface area contributed by atoms with Gasteiger partial charge < -0.3 is 0 Å². The summed E-state index contributed by atoms with van der Waals surface area (Å²) in [5, 5.41) is 5.67. The van der Waals surface area contributed by atoms with Gasteiger partial charge in [-0.2, -0.15) is 5.10 Å². The van der Waals surface area contributed by atoms with E-state index in [2.05, 4.69) is 15.5 Å². The SMILES string of the molecule is O=C(CSc1cccc2cccnc12)N/N=C/c1ccc(Cl)cc1. The normalized spacial score (nSPS) is 11.0. The second-order valence-electron chi connectivity index (χ2n) is 4.96. The van der Waals surface area contributed by atoms with E-state index in [0.29, 0.717) is 5.02 Å². The summed E-state index contributed by atoms with van der Waals surface area (Å²) in [5.41, 5.74) is 4.29. The quantitative estimate of drug-likeness (QED) is 0.425. The third-order valence-electron chi connectivity index (χ3n) is 3.23. The van der Waals surface area contributed by atoms with Crippen molar-refractivity contribution in [3.63, 3.8) is 0 Å². The highest BCUT2D eigenvalue weighted by Gasteiger charge is 2.05. The summed E-state index contributed by atoms with van der Waals surface area (Å²) in [7, 11) is 0. The Bertz CT molecular complexity index is 876. The van der Waals surface area contributed by atoms with Crippen LogP contribution >= 0.6 is 23.4 Å². The molecule has 4 nitrogen and oxygen atoms in total. The average Bonchev–Trinajstić information content (AvgIpc) is 2.61. The van der Waals surface area contributed by atoms with Crippen molar-refractivity contribution in [3.8, 4) is 0 Å². The van der Waals surface area contributed by atoms with Gasteiger partial charge >= 0.3 is 0 Å². The third-order valence-corrected chi connectivity index (χ3v) is 4.53. The molecular weight excluding hydrogens is 342 g/mol. The van der Waals surface area contributed by atoms with E-state index in [4.69, 9.17) is 11.6 Å². The number of nitrogens with zero attached hydrogens (tertiary/aromatic N) is 2. The first-order valence-electron chi connectivity index (χ1n) is 7.26. The number of aromatic nitrogens is 1. The molecule has 3 aromatic rings. The van der Waals surface area contributed by atoms with E-state index in [1.807, 2.05) is 42.5 Å². The van der Waals surface area contributed by atoms with E-state index < -0.39 is 0 Å². The number of hydrazone groups is 1. The minimum atomic E-state index is -0.168. The highest BCUT2D eigenvalue weighted by molar-refractivity contribution is 8.00. The fourth-order valence-corrected chi connectivity index (χ4v) is 3.06. The molecule has 0 saturated carbocycles. The Hall–Kier alpha value is -2.37. The van der Waals surface area contributed by atoms with E-state index in [-0.39, 0.29) is 11.7 Å².